The van der Waals surface area contributed by atoms with E-state index in [0.29, 0.717) is 34.7 Å². The van der Waals surface area contributed by atoms with E-state index in [1.807, 2.05) is 41.8 Å². The van der Waals surface area contributed by atoms with Crippen molar-refractivity contribution in [3.63, 3.8) is 0 Å². The highest BCUT2D eigenvalue weighted by atomic mass is 32.2. The first-order valence-electron chi connectivity index (χ1n) is 9.72. The van der Waals surface area contributed by atoms with Gasteiger partial charge in [-0.2, -0.15) is 0 Å². The van der Waals surface area contributed by atoms with E-state index in [1.54, 1.807) is 24.3 Å². The van der Waals surface area contributed by atoms with E-state index in [2.05, 4.69) is 22.1 Å². The molecule has 4 rings (SSSR count). The molecule has 2 heterocycles. The third-order valence-corrected chi connectivity index (χ3v) is 5.43. The van der Waals surface area contributed by atoms with E-state index in [1.165, 1.54) is 11.8 Å². The van der Waals surface area contributed by atoms with Crippen LogP contribution in [0.25, 0.3) is 0 Å². The molecule has 0 aliphatic carbocycles. The number of fused-ring (bicyclic) bond motifs is 1. The molecule has 0 saturated carbocycles. The average molecular weight is 439 g/mol. The summed E-state index contributed by atoms with van der Waals surface area (Å²) >= 11 is 1.30. The van der Waals surface area contributed by atoms with Gasteiger partial charge in [0.05, 0.1) is 5.75 Å². The predicted molar refractivity (Wildman–Crippen MR) is 118 cm³/mol. The number of nitrogens with zero attached hydrogens (tertiary/aromatic N) is 3. The zero-order chi connectivity index (χ0) is 21.6. The first-order chi connectivity index (χ1) is 15.1. The quantitative estimate of drug-likeness (QED) is 0.398. The monoisotopic (exact) mass is 438 g/mol. The third kappa shape index (κ3) is 5.00. The van der Waals surface area contributed by atoms with Gasteiger partial charge in [-0.15, -0.1) is 16.8 Å². The third-order valence-electron chi connectivity index (χ3n) is 4.47. The van der Waals surface area contributed by atoms with Crippen LogP contribution in [0.1, 0.15) is 18.9 Å². The zero-order valence-corrected chi connectivity index (χ0v) is 17.8. The number of thioether (sulfide) groups is 1. The maximum atomic E-state index is 12.4. The lowest BCUT2D eigenvalue weighted by atomic mass is 10.3. The van der Waals surface area contributed by atoms with Crippen molar-refractivity contribution < 1.29 is 19.0 Å². The number of amides is 1. The number of carbonyl (C=O) groups excluding carboxylic acids is 1. The fourth-order valence-corrected chi connectivity index (χ4v) is 3.82. The Hall–Kier alpha value is -3.46. The van der Waals surface area contributed by atoms with Gasteiger partial charge >= 0.3 is 0 Å². The summed E-state index contributed by atoms with van der Waals surface area (Å²) in [7, 11) is 0. The lowest BCUT2D eigenvalue weighted by Gasteiger charge is -2.15. The highest BCUT2D eigenvalue weighted by molar-refractivity contribution is 7.99. The summed E-state index contributed by atoms with van der Waals surface area (Å²) in [6.45, 7) is 6.43. The van der Waals surface area contributed by atoms with Crippen LogP contribution in [0.15, 0.2) is 66.3 Å². The van der Waals surface area contributed by atoms with Crippen molar-refractivity contribution in [3.8, 4) is 17.2 Å². The molecule has 31 heavy (non-hydrogen) atoms. The molecule has 0 fully saturated rings. The lowest BCUT2D eigenvalue weighted by molar-refractivity contribution is -0.113. The summed E-state index contributed by atoms with van der Waals surface area (Å²) in [4.78, 5) is 12.4. The van der Waals surface area contributed by atoms with Gasteiger partial charge in [0.1, 0.15) is 5.75 Å². The van der Waals surface area contributed by atoms with Gasteiger partial charge < -0.3 is 19.5 Å². The summed E-state index contributed by atoms with van der Waals surface area (Å²) < 4.78 is 18.5. The summed E-state index contributed by atoms with van der Waals surface area (Å²) in [6.07, 6.45) is 1.45. The van der Waals surface area contributed by atoms with Crippen molar-refractivity contribution in [2.45, 2.75) is 24.7 Å². The van der Waals surface area contributed by atoms with Crippen molar-refractivity contribution in [1.82, 2.24) is 14.8 Å². The topological polar surface area (TPSA) is 87.5 Å². The van der Waals surface area contributed by atoms with E-state index >= 15 is 0 Å². The Balaban J connectivity index is 1.39. The van der Waals surface area contributed by atoms with Gasteiger partial charge in [-0.25, -0.2) is 0 Å². The molecule has 9 heteroatoms. The van der Waals surface area contributed by atoms with Crippen LogP contribution in [0.3, 0.4) is 0 Å². The second-order valence-corrected chi connectivity index (χ2v) is 7.66. The van der Waals surface area contributed by atoms with E-state index in [9.17, 15) is 4.79 Å². The molecule has 160 valence electrons. The number of aromatic nitrogens is 3. The number of benzene rings is 2. The van der Waals surface area contributed by atoms with Crippen LogP contribution in [0, 0.1) is 0 Å². The Morgan fingerprint density at radius 2 is 2.06 bits per heavy atom. The predicted octanol–water partition coefficient (Wildman–Crippen LogP) is 4.06. The number of nitrogens with one attached hydrogen (secondary N) is 1. The normalized spacial score (nSPS) is 12.9. The van der Waals surface area contributed by atoms with E-state index in [-0.39, 0.29) is 24.6 Å². The largest absolute Gasteiger partial charge is 0.483 e. The number of hydrogen-bond acceptors (Lipinski definition) is 7. The zero-order valence-electron chi connectivity index (χ0n) is 17.0. The number of carbonyl (C=O) groups is 1. The van der Waals surface area contributed by atoms with Gasteiger partial charge in [-0.1, -0.05) is 36.0 Å². The fraction of sp³-hybridized carbons (Fsp3) is 0.227. The van der Waals surface area contributed by atoms with Gasteiger partial charge in [0.2, 0.25) is 12.7 Å². The van der Waals surface area contributed by atoms with Crippen molar-refractivity contribution in [3.05, 3.63) is 67.0 Å². The van der Waals surface area contributed by atoms with Crippen LogP contribution < -0.4 is 19.5 Å². The lowest BCUT2D eigenvalue weighted by Crippen LogP contribution is -2.15. The molecule has 0 bridgehead atoms. The fourth-order valence-electron chi connectivity index (χ4n) is 3.07. The maximum Gasteiger partial charge on any atom is 0.234 e. The minimum atomic E-state index is -0.313. The number of hydrogen-bond donors (Lipinski definition) is 1. The molecule has 0 unspecified atom stereocenters. The molecular formula is C22H22N4O4S. The van der Waals surface area contributed by atoms with E-state index < -0.39 is 0 Å². The van der Waals surface area contributed by atoms with Crippen LogP contribution in [0.4, 0.5) is 5.69 Å². The molecule has 1 aliphatic heterocycles. The standard InChI is InChI=1S/C22H22N4O4S/c1-3-11-26-21(15(2)30-17-7-5-4-6-8-17)24-25-22(26)31-13-20(27)23-16-9-10-18-19(12-16)29-14-28-18/h3-10,12,15H,1,11,13-14H2,2H3,(H,23,27)/t15-/m1/s1. The molecule has 3 aromatic rings. The van der Waals surface area contributed by atoms with Crippen molar-refractivity contribution in [1.29, 1.82) is 0 Å². The molecule has 2 aromatic carbocycles. The summed E-state index contributed by atoms with van der Waals surface area (Å²) in [5, 5.41) is 12.0. The SMILES string of the molecule is C=CCn1c(SCC(=O)Nc2ccc3c(c2)OCO3)nnc1[C@@H](C)Oc1ccccc1. The second-order valence-electron chi connectivity index (χ2n) is 6.72. The molecule has 0 saturated heterocycles. The Bertz CT molecular complexity index is 1070. The molecule has 0 radical (unpaired) electrons. The molecule has 1 amide bonds. The number of ether oxygens (including phenoxy) is 3. The molecule has 8 nitrogen and oxygen atoms in total. The molecule has 1 N–H and O–H groups in total. The second kappa shape index (κ2) is 9.57. The molecule has 1 aliphatic rings. The minimum Gasteiger partial charge on any atom is -0.483 e. The summed E-state index contributed by atoms with van der Waals surface area (Å²) in [5.41, 5.74) is 0.646. The van der Waals surface area contributed by atoms with Gasteiger partial charge in [-0.05, 0) is 31.2 Å². The summed E-state index contributed by atoms with van der Waals surface area (Å²) in [5.74, 6) is 2.73. The average Bonchev–Trinajstić information content (AvgIpc) is 3.40. The number of allylic oxidation sites excluding steroid dienone is 1. The minimum absolute atomic E-state index is 0.160. The molecule has 1 aromatic heterocycles. The Morgan fingerprint density at radius 1 is 1.26 bits per heavy atom. The smallest absolute Gasteiger partial charge is 0.234 e. The Morgan fingerprint density at radius 3 is 2.87 bits per heavy atom. The number of rotatable bonds is 9. The summed E-state index contributed by atoms with van der Waals surface area (Å²) in [6, 6.07) is 14.8. The van der Waals surface area contributed by atoms with Crippen molar-refractivity contribution in [2.75, 3.05) is 17.9 Å². The first kappa shape index (κ1) is 20.8. The Kier molecular flexibility index (Phi) is 6.42. The molecule has 1 atom stereocenters. The van der Waals surface area contributed by atoms with E-state index in [4.69, 9.17) is 14.2 Å². The van der Waals surface area contributed by atoms with Gasteiger partial charge in [0, 0.05) is 18.3 Å². The maximum absolute atomic E-state index is 12.4. The number of para-hydroxylation sites is 1. The van der Waals surface area contributed by atoms with Crippen molar-refractivity contribution >= 4 is 23.4 Å². The van der Waals surface area contributed by atoms with Crippen LogP contribution in [-0.2, 0) is 11.3 Å². The van der Waals surface area contributed by atoms with Gasteiger partial charge in [0.15, 0.2) is 28.6 Å². The van der Waals surface area contributed by atoms with Crippen molar-refractivity contribution in [2.24, 2.45) is 0 Å². The van der Waals surface area contributed by atoms with Crippen LogP contribution in [0.5, 0.6) is 17.2 Å². The van der Waals surface area contributed by atoms with Crippen LogP contribution in [-0.4, -0.2) is 33.2 Å². The van der Waals surface area contributed by atoms with Crippen LogP contribution >= 0.6 is 11.8 Å². The Labute approximate surface area is 184 Å². The molecule has 0 spiro atoms. The molecular weight excluding hydrogens is 416 g/mol. The highest BCUT2D eigenvalue weighted by Crippen LogP contribution is 2.34. The number of anilines is 1. The van der Waals surface area contributed by atoms with Gasteiger partial charge in [0.25, 0.3) is 0 Å². The first-order valence-corrected chi connectivity index (χ1v) is 10.7. The highest BCUT2D eigenvalue weighted by Gasteiger charge is 2.20. The van der Waals surface area contributed by atoms with E-state index in [0.717, 1.165) is 5.75 Å². The van der Waals surface area contributed by atoms with Gasteiger partial charge in [-0.3, -0.25) is 9.36 Å². The van der Waals surface area contributed by atoms with Crippen LogP contribution in [0.2, 0.25) is 0 Å².